The Bertz CT molecular complexity index is 302. The van der Waals surface area contributed by atoms with Gasteiger partial charge in [0.15, 0.2) is 0 Å². The van der Waals surface area contributed by atoms with E-state index in [2.05, 4.69) is 23.7 Å². The molecule has 0 spiro atoms. The van der Waals surface area contributed by atoms with Gasteiger partial charge in [-0.15, -0.1) is 0 Å². The predicted molar refractivity (Wildman–Crippen MR) is 51.1 cm³/mol. The van der Waals surface area contributed by atoms with Crippen LogP contribution in [0.25, 0.3) is 0 Å². The van der Waals surface area contributed by atoms with E-state index in [1.165, 1.54) is 0 Å². The Labute approximate surface area is 77.7 Å². The number of aromatic nitrogens is 1. The van der Waals surface area contributed by atoms with Gasteiger partial charge in [0.2, 0.25) is 0 Å². The second-order valence-corrected chi connectivity index (χ2v) is 3.63. The quantitative estimate of drug-likeness (QED) is 0.701. The number of rotatable bonds is 2. The largest absolute Gasteiger partial charge is 0.263 e. The highest BCUT2D eigenvalue weighted by Gasteiger charge is 1.99. The average molecular weight is 178 g/mol. The topological polar surface area (TPSA) is 36.7 Å². The van der Waals surface area contributed by atoms with Crippen molar-refractivity contribution in [3.63, 3.8) is 0 Å². The van der Waals surface area contributed by atoms with Crippen LogP contribution in [0.3, 0.4) is 0 Å². The van der Waals surface area contributed by atoms with Crippen LogP contribution in [-0.2, 0) is 6.42 Å². The lowest BCUT2D eigenvalue weighted by molar-refractivity contribution is 0.940. The molecule has 3 heteroatoms. The van der Waals surface area contributed by atoms with Gasteiger partial charge in [-0.2, -0.15) is 17.9 Å². The molecule has 0 aliphatic carbocycles. The Morgan fingerprint density at radius 1 is 1.67 bits per heavy atom. The maximum Gasteiger partial charge on any atom is 0.101 e. The lowest BCUT2D eigenvalue weighted by atomic mass is 10.1. The van der Waals surface area contributed by atoms with Crippen LogP contribution in [0.4, 0.5) is 0 Å². The average Bonchev–Trinajstić information content (AvgIpc) is 2.03. The van der Waals surface area contributed by atoms with Gasteiger partial charge in [-0.25, -0.2) is 0 Å². The fourth-order valence-corrected chi connectivity index (χ4v) is 1.21. The van der Waals surface area contributed by atoms with E-state index in [0.29, 0.717) is 10.8 Å². The third-order valence-corrected chi connectivity index (χ3v) is 1.64. The zero-order valence-corrected chi connectivity index (χ0v) is 7.75. The van der Waals surface area contributed by atoms with E-state index in [0.717, 1.165) is 12.0 Å². The predicted octanol–water partition coefficient (Wildman–Crippen LogP) is 1.81. The molecule has 1 unspecified atom stereocenters. The first kappa shape index (κ1) is 9.08. The standard InChI is InChI=1S/C9H10N2S/c1-7(12)2-8-3-9(4-10)6-11-5-8/h3,5-7,12H,2H2,1H3. The molecule has 1 heterocycles. The fraction of sp³-hybridized carbons (Fsp3) is 0.333. The first-order chi connectivity index (χ1) is 5.72. The summed E-state index contributed by atoms with van der Waals surface area (Å²) in [6, 6.07) is 3.90. The van der Waals surface area contributed by atoms with Crippen LogP contribution in [0.1, 0.15) is 18.1 Å². The highest BCUT2D eigenvalue weighted by molar-refractivity contribution is 7.80. The molecule has 62 valence electrons. The Morgan fingerprint density at radius 3 is 3.00 bits per heavy atom. The highest BCUT2D eigenvalue weighted by Crippen LogP contribution is 2.07. The van der Waals surface area contributed by atoms with Gasteiger partial charge in [0.25, 0.3) is 0 Å². The fourth-order valence-electron chi connectivity index (χ4n) is 1.00. The van der Waals surface area contributed by atoms with Crippen molar-refractivity contribution in [2.24, 2.45) is 0 Å². The van der Waals surface area contributed by atoms with E-state index in [9.17, 15) is 0 Å². The van der Waals surface area contributed by atoms with Crippen LogP contribution in [0.2, 0.25) is 0 Å². The molecule has 0 bridgehead atoms. The number of hydrogen-bond acceptors (Lipinski definition) is 3. The van der Waals surface area contributed by atoms with Crippen LogP contribution in [0.15, 0.2) is 18.5 Å². The molecule has 0 fully saturated rings. The van der Waals surface area contributed by atoms with E-state index in [1.807, 2.05) is 13.0 Å². The first-order valence-corrected chi connectivity index (χ1v) is 4.26. The molecule has 0 radical (unpaired) electrons. The van der Waals surface area contributed by atoms with Gasteiger partial charge in [-0.3, -0.25) is 4.98 Å². The normalized spacial score (nSPS) is 12.1. The van der Waals surface area contributed by atoms with Crippen molar-refractivity contribution < 1.29 is 0 Å². The van der Waals surface area contributed by atoms with Crippen molar-refractivity contribution in [1.29, 1.82) is 5.26 Å². The van der Waals surface area contributed by atoms with E-state index in [-0.39, 0.29) is 0 Å². The third-order valence-electron chi connectivity index (χ3n) is 1.46. The lowest BCUT2D eigenvalue weighted by Crippen LogP contribution is -1.98. The Kier molecular flexibility index (Phi) is 3.12. The van der Waals surface area contributed by atoms with Crippen LogP contribution in [-0.4, -0.2) is 10.2 Å². The molecule has 1 aromatic rings. The van der Waals surface area contributed by atoms with Crippen molar-refractivity contribution in [1.82, 2.24) is 4.98 Å². The minimum absolute atomic E-state index is 0.306. The summed E-state index contributed by atoms with van der Waals surface area (Å²) < 4.78 is 0. The van der Waals surface area contributed by atoms with Crippen LogP contribution in [0.5, 0.6) is 0 Å². The van der Waals surface area contributed by atoms with Crippen LogP contribution >= 0.6 is 12.6 Å². The highest BCUT2D eigenvalue weighted by atomic mass is 32.1. The summed E-state index contributed by atoms with van der Waals surface area (Å²) in [5.41, 5.74) is 1.68. The molecule has 0 saturated carbocycles. The van der Waals surface area contributed by atoms with Crippen molar-refractivity contribution in [3.05, 3.63) is 29.6 Å². The molecule has 0 aromatic carbocycles. The summed E-state index contributed by atoms with van der Waals surface area (Å²) in [7, 11) is 0. The maximum absolute atomic E-state index is 8.59. The van der Waals surface area contributed by atoms with E-state index < -0.39 is 0 Å². The van der Waals surface area contributed by atoms with E-state index >= 15 is 0 Å². The van der Waals surface area contributed by atoms with Gasteiger partial charge in [0.05, 0.1) is 5.56 Å². The van der Waals surface area contributed by atoms with Gasteiger partial charge in [-0.05, 0) is 18.1 Å². The molecule has 0 N–H and O–H groups in total. The van der Waals surface area contributed by atoms with Crippen LogP contribution < -0.4 is 0 Å². The molecule has 1 atom stereocenters. The summed E-state index contributed by atoms with van der Waals surface area (Å²) in [6.07, 6.45) is 4.19. The SMILES string of the molecule is CC(S)Cc1cncc(C#N)c1. The second-order valence-electron chi connectivity index (χ2n) is 2.75. The Balaban J connectivity index is 2.81. The number of thiol groups is 1. The number of nitriles is 1. The van der Waals surface area contributed by atoms with Gasteiger partial charge in [0, 0.05) is 17.6 Å². The summed E-state index contributed by atoms with van der Waals surface area (Å²) >= 11 is 4.26. The third kappa shape index (κ3) is 2.55. The summed E-state index contributed by atoms with van der Waals surface area (Å²) in [4.78, 5) is 3.95. The Hall–Kier alpha value is -1.01. The smallest absolute Gasteiger partial charge is 0.101 e. The lowest BCUT2D eigenvalue weighted by Gasteiger charge is -2.02. The van der Waals surface area contributed by atoms with Crippen LogP contribution in [0, 0.1) is 11.3 Å². The molecule has 0 aliphatic heterocycles. The first-order valence-electron chi connectivity index (χ1n) is 3.74. The number of hydrogen-bond donors (Lipinski definition) is 1. The van der Waals surface area contributed by atoms with Gasteiger partial charge >= 0.3 is 0 Å². The van der Waals surface area contributed by atoms with Crippen molar-refractivity contribution in [2.45, 2.75) is 18.6 Å². The van der Waals surface area contributed by atoms with Crippen molar-refractivity contribution in [3.8, 4) is 6.07 Å². The number of pyridine rings is 1. The van der Waals surface area contributed by atoms with E-state index in [1.54, 1.807) is 12.4 Å². The summed E-state index contributed by atoms with van der Waals surface area (Å²) in [6.45, 7) is 2.02. The molecule has 12 heavy (non-hydrogen) atoms. The molecule has 0 aliphatic rings. The molecule has 0 amide bonds. The molecule has 2 nitrogen and oxygen atoms in total. The van der Waals surface area contributed by atoms with Gasteiger partial charge in [-0.1, -0.05) is 6.92 Å². The van der Waals surface area contributed by atoms with Crippen molar-refractivity contribution in [2.75, 3.05) is 0 Å². The minimum atomic E-state index is 0.306. The Morgan fingerprint density at radius 2 is 2.42 bits per heavy atom. The van der Waals surface area contributed by atoms with E-state index in [4.69, 9.17) is 5.26 Å². The summed E-state index contributed by atoms with van der Waals surface area (Å²) in [5.74, 6) is 0. The maximum atomic E-state index is 8.59. The van der Waals surface area contributed by atoms with Crippen molar-refractivity contribution >= 4 is 12.6 Å². The van der Waals surface area contributed by atoms with Gasteiger partial charge in [0.1, 0.15) is 6.07 Å². The number of nitrogens with zero attached hydrogens (tertiary/aromatic N) is 2. The molecule has 1 aromatic heterocycles. The molecule has 1 rings (SSSR count). The zero-order valence-electron chi connectivity index (χ0n) is 6.86. The summed E-state index contributed by atoms with van der Waals surface area (Å²) in [5, 5.41) is 8.89. The minimum Gasteiger partial charge on any atom is -0.263 e. The monoisotopic (exact) mass is 178 g/mol. The zero-order chi connectivity index (χ0) is 8.97. The molecular formula is C9H10N2S. The molecule has 0 saturated heterocycles. The molecular weight excluding hydrogens is 168 g/mol. The van der Waals surface area contributed by atoms with Gasteiger partial charge < -0.3 is 0 Å². The second kappa shape index (κ2) is 4.13.